The number of guanidine groups is 1. The Morgan fingerprint density at radius 3 is 2.58 bits per heavy atom. The second kappa shape index (κ2) is 13.5. The molecule has 7 heteroatoms. The van der Waals surface area contributed by atoms with Crippen molar-refractivity contribution in [2.45, 2.75) is 65.0 Å². The minimum atomic E-state index is 0.443. The number of ether oxygens (including phenoxy) is 1. The molecule has 0 aromatic carbocycles. The van der Waals surface area contributed by atoms with Gasteiger partial charge in [0.1, 0.15) is 5.82 Å². The van der Waals surface area contributed by atoms with E-state index in [4.69, 9.17) is 9.73 Å². The Hall–Kier alpha value is -1.86. The zero-order chi connectivity index (χ0) is 21.7. The summed E-state index contributed by atoms with van der Waals surface area (Å²) in [5, 5.41) is 6.76. The third kappa shape index (κ3) is 8.30. The molecule has 0 unspecified atom stereocenters. The second-order valence-corrected chi connectivity index (χ2v) is 8.55. The topological polar surface area (TPSA) is 65.0 Å². The summed E-state index contributed by atoms with van der Waals surface area (Å²) in [6.07, 6.45) is 10.1. The summed E-state index contributed by atoms with van der Waals surface area (Å²) >= 11 is 0. The number of nitrogens with one attached hydrogen (secondary N) is 2. The molecule has 2 fully saturated rings. The van der Waals surface area contributed by atoms with Crippen LogP contribution < -0.4 is 15.5 Å². The van der Waals surface area contributed by atoms with Crippen LogP contribution in [0.3, 0.4) is 0 Å². The number of hydrogen-bond donors (Lipinski definition) is 2. The number of likely N-dealkylation sites (N-methyl/N-ethyl adjacent to an activating group) is 1. The third-order valence-corrected chi connectivity index (χ3v) is 6.27. The zero-order valence-electron chi connectivity index (χ0n) is 19.6. The molecule has 1 aromatic heterocycles. The first kappa shape index (κ1) is 23.8. The Morgan fingerprint density at radius 1 is 1.10 bits per heavy atom. The Balaban J connectivity index is 1.46. The summed E-state index contributed by atoms with van der Waals surface area (Å²) < 4.78 is 6.09. The molecule has 0 bridgehead atoms. The van der Waals surface area contributed by atoms with E-state index in [9.17, 15) is 0 Å². The first-order chi connectivity index (χ1) is 15.3. The van der Waals surface area contributed by atoms with Gasteiger partial charge < -0.3 is 25.2 Å². The van der Waals surface area contributed by atoms with Crippen molar-refractivity contribution < 1.29 is 4.74 Å². The maximum Gasteiger partial charge on any atom is 0.191 e. The summed E-state index contributed by atoms with van der Waals surface area (Å²) in [6, 6.07) is 4.25. The molecule has 1 aliphatic heterocycles. The van der Waals surface area contributed by atoms with Gasteiger partial charge in [0.25, 0.3) is 0 Å². The first-order valence-electron chi connectivity index (χ1n) is 12.3. The van der Waals surface area contributed by atoms with Crippen molar-refractivity contribution in [3.8, 4) is 0 Å². The van der Waals surface area contributed by atoms with Gasteiger partial charge in [-0.1, -0.05) is 32.6 Å². The van der Waals surface area contributed by atoms with E-state index >= 15 is 0 Å². The molecule has 1 saturated carbocycles. The summed E-state index contributed by atoms with van der Waals surface area (Å²) in [5.74, 6) is 1.92. The maximum absolute atomic E-state index is 6.09. The average molecular weight is 431 g/mol. The van der Waals surface area contributed by atoms with E-state index in [1.807, 2.05) is 6.20 Å². The third-order valence-electron chi connectivity index (χ3n) is 6.27. The number of rotatable bonds is 9. The van der Waals surface area contributed by atoms with Gasteiger partial charge in [0, 0.05) is 45.5 Å². The Morgan fingerprint density at radius 2 is 1.87 bits per heavy atom. The van der Waals surface area contributed by atoms with Crippen molar-refractivity contribution in [2.75, 3.05) is 57.3 Å². The molecule has 1 saturated heterocycles. The lowest BCUT2D eigenvalue weighted by Gasteiger charge is -2.34. The number of nitrogens with zero attached hydrogens (tertiary/aromatic N) is 4. The van der Waals surface area contributed by atoms with Crippen LogP contribution in [0.5, 0.6) is 0 Å². The monoisotopic (exact) mass is 430 g/mol. The highest BCUT2D eigenvalue weighted by Gasteiger charge is 2.17. The van der Waals surface area contributed by atoms with Crippen LogP contribution >= 0.6 is 0 Å². The Kier molecular flexibility index (Phi) is 10.4. The van der Waals surface area contributed by atoms with Gasteiger partial charge in [0.15, 0.2) is 5.96 Å². The predicted molar refractivity (Wildman–Crippen MR) is 129 cm³/mol. The fraction of sp³-hybridized carbons (Fsp3) is 0.750. The highest BCUT2D eigenvalue weighted by molar-refractivity contribution is 5.79. The van der Waals surface area contributed by atoms with E-state index < -0.39 is 0 Å². The van der Waals surface area contributed by atoms with Gasteiger partial charge in [-0.05, 0) is 44.0 Å². The summed E-state index contributed by atoms with van der Waals surface area (Å²) in [5.41, 5.74) is 1.19. The SMILES string of the molecule is CCNC(=NCc1ccnc(N2CCN(CC)CC2)c1)NCCOC1CCCCCC1. The number of pyridine rings is 1. The van der Waals surface area contributed by atoms with Crippen LogP contribution in [0.1, 0.15) is 57.9 Å². The fourth-order valence-electron chi connectivity index (χ4n) is 4.34. The maximum atomic E-state index is 6.09. The standard InChI is InChI=1S/C24H42N6O/c1-3-25-24(27-13-18-31-22-9-7-5-6-8-10-22)28-20-21-11-12-26-23(19-21)30-16-14-29(4-2)15-17-30/h11-12,19,22H,3-10,13-18,20H2,1-2H3,(H2,25,27,28). The molecule has 0 amide bonds. The molecule has 7 nitrogen and oxygen atoms in total. The van der Waals surface area contributed by atoms with Gasteiger partial charge >= 0.3 is 0 Å². The largest absolute Gasteiger partial charge is 0.376 e. The molecule has 2 N–H and O–H groups in total. The Labute approximate surface area is 188 Å². The van der Waals surface area contributed by atoms with E-state index in [-0.39, 0.29) is 0 Å². The Bertz CT molecular complexity index is 651. The lowest BCUT2D eigenvalue weighted by molar-refractivity contribution is 0.0468. The van der Waals surface area contributed by atoms with E-state index in [0.717, 1.165) is 64.2 Å². The molecular formula is C24H42N6O. The normalized spacial score (nSPS) is 19.3. The number of aromatic nitrogens is 1. The molecule has 0 radical (unpaired) electrons. The van der Waals surface area contributed by atoms with Gasteiger partial charge in [0.05, 0.1) is 19.3 Å². The van der Waals surface area contributed by atoms with E-state index in [1.165, 1.54) is 44.1 Å². The van der Waals surface area contributed by atoms with Crippen LogP contribution in [0.4, 0.5) is 5.82 Å². The molecule has 1 aliphatic carbocycles. The van der Waals surface area contributed by atoms with Gasteiger partial charge in [-0.3, -0.25) is 0 Å². The molecule has 174 valence electrons. The van der Waals surface area contributed by atoms with Gasteiger partial charge in [-0.2, -0.15) is 0 Å². The fourth-order valence-corrected chi connectivity index (χ4v) is 4.34. The molecule has 2 aliphatic rings. The summed E-state index contributed by atoms with van der Waals surface area (Å²) in [4.78, 5) is 14.2. The molecular weight excluding hydrogens is 388 g/mol. The minimum Gasteiger partial charge on any atom is -0.376 e. The minimum absolute atomic E-state index is 0.443. The van der Waals surface area contributed by atoms with Crippen molar-refractivity contribution in [1.29, 1.82) is 0 Å². The van der Waals surface area contributed by atoms with E-state index in [2.05, 4.69) is 51.4 Å². The first-order valence-corrected chi connectivity index (χ1v) is 12.3. The van der Waals surface area contributed by atoms with Gasteiger partial charge in [-0.15, -0.1) is 0 Å². The highest BCUT2D eigenvalue weighted by atomic mass is 16.5. The number of aliphatic imine (C=N–C) groups is 1. The van der Waals surface area contributed by atoms with Crippen molar-refractivity contribution >= 4 is 11.8 Å². The zero-order valence-corrected chi connectivity index (χ0v) is 19.6. The van der Waals surface area contributed by atoms with Crippen LogP contribution in [0.2, 0.25) is 0 Å². The second-order valence-electron chi connectivity index (χ2n) is 8.55. The van der Waals surface area contributed by atoms with Gasteiger partial charge in [0.2, 0.25) is 0 Å². The van der Waals surface area contributed by atoms with Crippen LogP contribution in [0.25, 0.3) is 0 Å². The number of anilines is 1. The predicted octanol–water partition coefficient (Wildman–Crippen LogP) is 3.02. The summed E-state index contributed by atoms with van der Waals surface area (Å²) in [7, 11) is 0. The van der Waals surface area contributed by atoms with E-state index in [0.29, 0.717) is 12.6 Å². The number of piperazine rings is 1. The molecule has 0 spiro atoms. The highest BCUT2D eigenvalue weighted by Crippen LogP contribution is 2.19. The lowest BCUT2D eigenvalue weighted by atomic mass is 10.1. The van der Waals surface area contributed by atoms with Crippen molar-refractivity contribution in [1.82, 2.24) is 20.5 Å². The lowest BCUT2D eigenvalue weighted by Crippen LogP contribution is -2.46. The van der Waals surface area contributed by atoms with Crippen LogP contribution in [-0.2, 0) is 11.3 Å². The van der Waals surface area contributed by atoms with Crippen molar-refractivity contribution in [3.05, 3.63) is 23.9 Å². The molecule has 31 heavy (non-hydrogen) atoms. The quantitative estimate of drug-likeness (QED) is 0.272. The average Bonchev–Trinajstić information content (AvgIpc) is 3.09. The molecule has 1 aromatic rings. The van der Waals surface area contributed by atoms with E-state index in [1.54, 1.807) is 0 Å². The van der Waals surface area contributed by atoms with Crippen molar-refractivity contribution in [3.63, 3.8) is 0 Å². The van der Waals surface area contributed by atoms with Crippen LogP contribution in [0.15, 0.2) is 23.3 Å². The summed E-state index contributed by atoms with van der Waals surface area (Å²) in [6.45, 7) is 12.8. The van der Waals surface area contributed by atoms with Crippen LogP contribution in [0, 0.1) is 0 Å². The smallest absolute Gasteiger partial charge is 0.191 e. The van der Waals surface area contributed by atoms with Crippen molar-refractivity contribution in [2.24, 2.45) is 4.99 Å². The molecule has 0 atom stereocenters. The van der Waals surface area contributed by atoms with Gasteiger partial charge in [-0.25, -0.2) is 9.98 Å². The van der Waals surface area contributed by atoms with Crippen LogP contribution in [-0.4, -0.2) is 74.4 Å². The molecule has 2 heterocycles. The molecule has 3 rings (SSSR count). The number of hydrogen-bond acceptors (Lipinski definition) is 5.